The van der Waals surface area contributed by atoms with Crippen molar-refractivity contribution in [1.82, 2.24) is 19.9 Å². The Labute approximate surface area is 166 Å². The lowest BCUT2D eigenvalue weighted by atomic mass is 10.1. The second kappa shape index (κ2) is 7.98. The van der Waals surface area contributed by atoms with Crippen molar-refractivity contribution in [1.29, 1.82) is 0 Å². The molecule has 2 aromatic heterocycles. The highest BCUT2D eigenvalue weighted by atomic mass is 35.5. The number of aromatic amines is 1. The zero-order valence-electron chi connectivity index (χ0n) is 14.8. The van der Waals surface area contributed by atoms with Gasteiger partial charge in [0, 0.05) is 33.4 Å². The van der Waals surface area contributed by atoms with Crippen LogP contribution in [0.2, 0.25) is 5.02 Å². The number of nitrogens with zero attached hydrogens (tertiary/aromatic N) is 4. The van der Waals surface area contributed by atoms with Crippen LogP contribution in [0.5, 0.6) is 0 Å². The van der Waals surface area contributed by atoms with Crippen LogP contribution < -0.4 is 0 Å². The van der Waals surface area contributed by atoms with Crippen molar-refractivity contribution >= 4 is 40.5 Å². The van der Waals surface area contributed by atoms with Gasteiger partial charge in [-0.15, -0.1) is 10.2 Å². The molecule has 0 bridgehead atoms. The Morgan fingerprint density at radius 1 is 1.22 bits per heavy atom. The molecule has 7 heteroatoms. The second-order valence-corrected chi connectivity index (χ2v) is 7.43. The van der Waals surface area contributed by atoms with Crippen LogP contribution in [-0.4, -0.2) is 26.1 Å². The zero-order chi connectivity index (χ0) is 18.6. The summed E-state index contributed by atoms with van der Waals surface area (Å²) in [5.41, 5.74) is 4.69. The minimum Gasteiger partial charge on any atom is -0.360 e. The largest absolute Gasteiger partial charge is 0.360 e. The number of para-hydroxylation sites is 1. The summed E-state index contributed by atoms with van der Waals surface area (Å²) in [6.07, 6.45) is 6.44. The summed E-state index contributed by atoms with van der Waals surface area (Å²) < 4.78 is 1.70. The fraction of sp³-hybridized carbons (Fsp3) is 0.150. The predicted octanol–water partition coefficient (Wildman–Crippen LogP) is 5.15. The van der Waals surface area contributed by atoms with Crippen LogP contribution in [0.1, 0.15) is 23.6 Å². The summed E-state index contributed by atoms with van der Waals surface area (Å²) in [6.45, 7) is 2.16. The molecule has 4 aromatic rings. The summed E-state index contributed by atoms with van der Waals surface area (Å²) in [7, 11) is 0. The van der Waals surface area contributed by atoms with Crippen molar-refractivity contribution in [3.8, 4) is 0 Å². The van der Waals surface area contributed by atoms with Crippen molar-refractivity contribution in [3.63, 3.8) is 0 Å². The van der Waals surface area contributed by atoms with E-state index in [0.717, 1.165) is 27.9 Å². The molecular formula is C20H18ClN5S. The Morgan fingerprint density at radius 3 is 2.89 bits per heavy atom. The first-order valence-electron chi connectivity index (χ1n) is 8.65. The highest BCUT2D eigenvalue weighted by Crippen LogP contribution is 2.23. The molecule has 0 radical (unpaired) electrons. The third kappa shape index (κ3) is 3.91. The molecule has 0 amide bonds. The van der Waals surface area contributed by atoms with E-state index in [-0.39, 0.29) is 0 Å². The van der Waals surface area contributed by atoms with E-state index >= 15 is 0 Å². The zero-order valence-corrected chi connectivity index (χ0v) is 16.3. The number of aromatic nitrogens is 4. The monoisotopic (exact) mass is 395 g/mol. The first-order chi connectivity index (χ1) is 13.2. The third-order valence-electron chi connectivity index (χ3n) is 4.32. The highest BCUT2D eigenvalue weighted by Gasteiger charge is 2.07. The average molecular weight is 396 g/mol. The summed E-state index contributed by atoms with van der Waals surface area (Å²) in [6, 6.07) is 14.1. The maximum Gasteiger partial charge on any atom is 0.212 e. The molecule has 0 saturated heterocycles. The van der Waals surface area contributed by atoms with Crippen LogP contribution in [-0.2, 0) is 12.2 Å². The van der Waals surface area contributed by atoms with Crippen molar-refractivity contribution in [2.24, 2.45) is 5.10 Å². The second-order valence-electron chi connectivity index (χ2n) is 6.06. The molecule has 0 unspecified atom stereocenters. The van der Waals surface area contributed by atoms with Crippen molar-refractivity contribution in [3.05, 3.63) is 76.7 Å². The molecule has 0 aliphatic rings. The van der Waals surface area contributed by atoms with E-state index in [1.54, 1.807) is 22.8 Å². The van der Waals surface area contributed by atoms with Gasteiger partial charge in [0.25, 0.3) is 0 Å². The van der Waals surface area contributed by atoms with Gasteiger partial charge < -0.3 is 4.98 Å². The van der Waals surface area contributed by atoms with Gasteiger partial charge in [-0.3, -0.25) is 0 Å². The fourth-order valence-corrected chi connectivity index (χ4v) is 3.83. The molecule has 0 aliphatic heterocycles. The molecule has 5 nitrogen and oxygen atoms in total. The predicted molar refractivity (Wildman–Crippen MR) is 112 cm³/mol. The number of aryl methyl sites for hydroxylation is 1. The summed E-state index contributed by atoms with van der Waals surface area (Å²) >= 11 is 7.52. The van der Waals surface area contributed by atoms with Gasteiger partial charge in [0.05, 0.1) is 6.21 Å². The van der Waals surface area contributed by atoms with Crippen LogP contribution in [0.15, 0.2) is 65.2 Å². The molecule has 0 atom stereocenters. The van der Waals surface area contributed by atoms with E-state index in [0.29, 0.717) is 0 Å². The molecule has 2 aromatic carbocycles. The van der Waals surface area contributed by atoms with Crippen molar-refractivity contribution in [2.75, 3.05) is 0 Å². The Kier molecular flexibility index (Phi) is 5.27. The Hall–Kier alpha value is -2.57. The topological polar surface area (TPSA) is 58.9 Å². The average Bonchev–Trinajstić information content (AvgIpc) is 3.32. The number of benzene rings is 2. The molecule has 0 spiro atoms. The van der Waals surface area contributed by atoms with Crippen molar-refractivity contribution < 1.29 is 0 Å². The lowest BCUT2D eigenvalue weighted by Crippen LogP contribution is -1.92. The maximum absolute atomic E-state index is 5.93. The van der Waals surface area contributed by atoms with E-state index in [1.165, 1.54) is 22.0 Å². The lowest BCUT2D eigenvalue weighted by Gasteiger charge is -2.02. The fourth-order valence-electron chi connectivity index (χ4n) is 2.89. The molecular weight excluding hydrogens is 378 g/mol. The van der Waals surface area contributed by atoms with E-state index < -0.39 is 0 Å². The number of H-pyrrole nitrogens is 1. The Balaban J connectivity index is 1.52. The summed E-state index contributed by atoms with van der Waals surface area (Å²) in [4.78, 5) is 3.36. The number of thioether (sulfide) groups is 1. The molecule has 2 heterocycles. The minimum atomic E-state index is 0.737. The molecule has 136 valence electrons. The first-order valence-corrected chi connectivity index (χ1v) is 10.0. The maximum atomic E-state index is 5.93. The van der Waals surface area contributed by atoms with E-state index in [9.17, 15) is 0 Å². The number of rotatable bonds is 6. The van der Waals surface area contributed by atoms with Crippen LogP contribution in [0.4, 0.5) is 0 Å². The number of halogens is 1. The number of nitrogens with one attached hydrogen (secondary N) is 1. The Bertz CT molecular complexity index is 1080. The van der Waals surface area contributed by atoms with Gasteiger partial charge in [-0.1, -0.05) is 60.6 Å². The summed E-state index contributed by atoms with van der Waals surface area (Å²) in [5, 5.41) is 15.4. The smallest absolute Gasteiger partial charge is 0.212 e. The minimum absolute atomic E-state index is 0.737. The Morgan fingerprint density at radius 2 is 2.07 bits per heavy atom. The molecule has 0 aliphatic carbocycles. The van der Waals surface area contributed by atoms with E-state index in [1.807, 2.05) is 36.7 Å². The molecule has 27 heavy (non-hydrogen) atoms. The van der Waals surface area contributed by atoms with E-state index in [4.69, 9.17) is 11.6 Å². The molecule has 0 saturated carbocycles. The van der Waals surface area contributed by atoms with Gasteiger partial charge >= 0.3 is 0 Å². The molecule has 1 N–H and O–H groups in total. The van der Waals surface area contributed by atoms with Crippen LogP contribution in [0.3, 0.4) is 0 Å². The molecule has 4 rings (SSSR count). The first kappa shape index (κ1) is 17.8. The number of fused-ring (bicyclic) bond motifs is 1. The number of hydrogen-bond donors (Lipinski definition) is 1. The standard InChI is InChI=1S/C20H18ClN5S/c1-2-15-4-3-5-18-16(10-22-19(15)18)11-24-26-13-23-25-20(26)27-12-14-6-8-17(21)9-7-14/h3-11,13,22H,2,12H2,1H3/b24-11+. The molecule has 0 fully saturated rings. The summed E-state index contributed by atoms with van der Waals surface area (Å²) in [5.74, 6) is 0.776. The van der Waals surface area contributed by atoms with E-state index in [2.05, 4.69) is 45.4 Å². The lowest BCUT2D eigenvalue weighted by molar-refractivity contribution is 0.767. The SMILES string of the molecule is CCc1cccc2c(/C=N/n3cnnc3SCc3ccc(Cl)cc3)c[nH]c12. The van der Waals surface area contributed by atoms with Gasteiger partial charge in [-0.05, 0) is 29.7 Å². The van der Waals surface area contributed by atoms with Gasteiger partial charge in [0.2, 0.25) is 5.16 Å². The normalized spacial score (nSPS) is 11.6. The number of hydrogen-bond acceptors (Lipinski definition) is 4. The third-order valence-corrected chi connectivity index (χ3v) is 5.57. The van der Waals surface area contributed by atoms with Gasteiger partial charge in [-0.2, -0.15) is 9.78 Å². The quantitative estimate of drug-likeness (QED) is 0.363. The van der Waals surface area contributed by atoms with Gasteiger partial charge in [0.1, 0.15) is 6.33 Å². The van der Waals surface area contributed by atoms with Crippen LogP contribution in [0.25, 0.3) is 10.9 Å². The van der Waals surface area contributed by atoms with Crippen LogP contribution in [0, 0.1) is 0 Å². The van der Waals surface area contributed by atoms with Gasteiger partial charge in [-0.25, -0.2) is 0 Å². The van der Waals surface area contributed by atoms with Crippen LogP contribution >= 0.6 is 23.4 Å². The highest BCUT2D eigenvalue weighted by molar-refractivity contribution is 7.98. The van der Waals surface area contributed by atoms with Gasteiger partial charge in [0.15, 0.2) is 0 Å². The van der Waals surface area contributed by atoms with Crippen molar-refractivity contribution in [2.45, 2.75) is 24.3 Å².